The largest absolute Gasteiger partial charge is 1.00 e. The van der Waals surface area contributed by atoms with Crippen molar-refractivity contribution >= 4 is 27.0 Å². The van der Waals surface area contributed by atoms with Crippen molar-refractivity contribution in [1.82, 2.24) is 0 Å². The predicted octanol–water partition coefficient (Wildman–Crippen LogP) is 2.22. The number of hydrogen-bond donors (Lipinski definition) is 0. The average molecular weight is 691 g/mol. The summed E-state index contributed by atoms with van der Waals surface area (Å²) in [6, 6.07) is 36.3. The van der Waals surface area contributed by atoms with Crippen LogP contribution in [0.1, 0.15) is 37.8 Å². The SMILES string of the molecule is CC1=[C]([Zr+2]([C]2=C(C)C=C(c3ccccc3F)C2)=[Si](c2ccccc2)c2ccccc2)CC(c2ccccc2F)=C1.[Cl-].[Cl-]. The van der Waals surface area contributed by atoms with E-state index in [1.807, 2.05) is 24.3 Å². The summed E-state index contributed by atoms with van der Waals surface area (Å²) in [6.07, 6.45) is 6.03. The van der Waals surface area contributed by atoms with E-state index in [4.69, 9.17) is 0 Å². The minimum Gasteiger partial charge on any atom is -1.00 e. The van der Waals surface area contributed by atoms with Crippen molar-refractivity contribution in [2.75, 3.05) is 0 Å². The Hall–Kier alpha value is -2.62. The van der Waals surface area contributed by atoms with E-state index in [-0.39, 0.29) is 36.4 Å². The number of benzene rings is 4. The van der Waals surface area contributed by atoms with Crippen molar-refractivity contribution in [3.8, 4) is 0 Å². The Kier molecular flexibility index (Phi) is 10.9. The first-order chi connectivity index (χ1) is 19.5. The van der Waals surface area contributed by atoms with Gasteiger partial charge in [-0.1, -0.05) is 0 Å². The molecule has 0 radical (unpaired) electrons. The van der Waals surface area contributed by atoms with Crippen molar-refractivity contribution in [2.45, 2.75) is 26.7 Å². The van der Waals surface area contributed by atoms with E-state index in [0.717, 1.165) is 24.0 Å². The standard InChI is InChI=1S/2C12H10F.C12H10Si.2ClH.Zr/c2*1-9-6-7-10(8-9)11-4-2-3-5-12(11)13;1-3-7-11(8-4-1)13-12-9-5-2-6-10-12;;;/h2*2-5,8H,7H2,1H3;1-10H;2*1H;/q;;;;;+2/p-2. The first-order valence-electron chi connectivity index (χ1n) is 13.7. The first kappa shape index (κ1) is 32.3. The molecule has 0 N–H and O–H groups in total. The molecule has 0 saturated heterocycles. The molecule has 6 rings (SSSR count). The van der Waals surface area contributed by atoms with Gasteiger partial charge in [-0.15, -0.1) is 0 Å². The Labute approximate surface area is 267 Å². The van der Waals surface area contributed by atoms with Crippen LogP contribution in [0.5, 0.6) is 0 Å². The quantitative estimate of drug-likeness (QED) is 0.273. The molecule has 0 bridgehead atoms. The van der Waals surface area contributed by atoms with Gasteiger partial charge >= 0.3 is 245 Å². The Morgan fingerprint density at radius 1 is 0.524 bits per heavy atom. The third-order valence-electron chi connectivity index (χ3n) is 7.89. The maximum atomic E-state index is 14.9. The molecule has 42 heavy (non-hydrogen) atoms. The molecule has 0 fully saturated rings. The van der Waals surface area contributed by atoms with E-state index in [9.17, 15) is 8.78 Å². The molecule has 4 aromatic carbocycles. The molecule has 0 nitrogen and oxygen atoms in total. The zero-order valence-corrected chi connectivity index (χ0v) is 28.4. The Balaban J connectivity index is 0.00000202. The number of halogens is 4. The van der Waals surface area contributed by atoms with Crippen molar-refractivity contribution in [3.63, 3.8) is 0 Å². The van der Waals surface area contributed by atoms with E-state index < -0.39 is 25.8 Å². The van der Waals surface area contributed by atoms with E-state index in [2.05, 4.69) is 86.7 Å². The van der Waals surface area contributed by atoms with Gasteiger partial charge in [0, 0.05) is 0 Å². The van der Waals surface area contributed by atoms with Crippen LogP contribution in [0.15, 0.2) is 139 Å². The molecule has 6 heteroatoms. The summed E-state index contributed by atoms with van der Waals surface area (Å²) in [7, 11) is 0. The molecule has 0 amide bonds. The van der Waals surface area contributed by atoms with E-state index in [0.29, 0.717) is 11.1 Å². The van der Waals surface area contributed by atoms with Gasteiger partial charge in [0.25, 0.3) is 0 Å². The van der Waals surface area contributed by atoms with E-state index in [1.165, 1.54) is 21.5 Å². The number of rotatable bonds is 6. The van der Waals surface area contributed by atoms with Gasteiger partial charge in [0.05, 0.1) is 0 Å². The van der Waals surface area contributed by atoms with Gasteiger partial charge in [0.2, 0.25) is 0 Å². The van der Waals surface area contributed by atoms with Crippen LogP contribution in [-0.2, 0) is 20.4 Å². The van der Waals surface area contributed by atoms with Crippen LogP contribution >= 0.6 is 0 Å². The minimum atomic E-state index is -2.70. The third-order valence-corrected chi connectivity index (χ3v) is 27.5. The normalized spacial score (nSPS) is 14.0. The topological polar surface area (TPSA) is 0 Å². The van der Waals surface area contributed by atoms with Gasteiger partial charge in [-0.2, -0.15) is 0 Å². The fourth-order valence-corrected chi connectivity index (χ4v) is 28.1. The third kappa shape index (κ3) is 6.48. The molecule has 0 aliphatic heterocycles. The predicted molar refractivity (Wildman–Crippen MR) is 161 cm³/mol. The monoisotopic (exact) mass is 688 g/mol. The smallest absolute Gasteiger partial charge is 1.00 e. The molecular weight excluding hydrogens is 661 g/mol. The van der Waals surface area contributed by atoms with Crippen LogP contribution < -0.4 is 35.2 Å². The number of hydrogen-bond acceptors (Lipinski definition) is 0. The van der Waals surface area contributed by atoms with Crippen molar-refractivity contribution in [2.24, 2.45) is 0 Å². The van der Waals surface area contributed by atoms with Gasteiger partial charge in [-0.3, -0.25) is 0 Å². The Morgan fingerprint density at radius 2 is 0.881 bits per heavy atom. The van der Waals surface area contributed by atoms with Crippen LogP contribution in [-0.4, -0.2) is 5.43 Å². The van der Waals surface area contributed by atoms with E-state index in [1.54, 1.807) is 30.8 Å². The van der Waals surface area contributed by atoms with Crippen LogP contribution in [0.4, 0.5) is 8.78 Å². The van der Waals surface area contributed by atoms with E-state index >= 15 is 0 Å². The van der Waals surface area contributed by atoms with Crippen molar-refractivity contribution < 1.29 is 54.0 Å². The van der Waals surface area contributed by atoms with Crippen molar-refractivity contribution in [3.05, 3.63) is 162 Å². The Bertz CT molecular complexity index is 1640. The molecule has 2 aliphatic carbocycles. The van der Waals surface area contributed by atoms with Gasteiger partial charge < -0.3 is 24.8 Å². The summed E-state index contributed by atoms with van der Waals surface area (Å²) in [6.45, 7) is 4.44. The van der Waals surface area contributed by atoms with Gasteiger partial charge in [0.15, 0.2) is 0 Å². The summed E-state index contributed by atoms with van der Waals surface area (Å²) in [5.74, 6) is -0.325. The maximum Gasteiger partial charge on any atom is -1.00 e. The van der Waals surface area contributed by atoms with Crippen LogP contribution in [0, 0.1) is 11.6 Å². The molecule has 0 heterocycles. The molecule has 0 unspecified atom stereocenters. The summed E-state index contributed by atoms with van der Waals surface area (Å²) < 4.78 is 33.0. The summed E-state index contributed by atoms with van der Waals surface area (Å²) in [4.78, 5) is 0. The minimum absolute atomic E-state index is 0. The molecule has 0 atom stereocenters. The summed E-state index contributed by atoms with van der Waals surface area (Å²) in [5.41, 5.74) is 4.97. The summed E-state index contributed by atoms with van der Waals surface area (Å²) >= 11 is -2.70. The second-order valence-electron chi connectivity index (χ2n) is 10.5. The second-order valence-corrected chi connectivity index (χ2v) is 23.8. The average Bonchev–Trinajstić information content (AvgIpc) is 3.55. The molecule has 210 valence electrons. The summed E-state index contributed by atoms with van der Waals surface area (Å²) in [5, 5.41) is 2.85. The fraction of sp³-hybridized carbons (Fsp3) is 0.111. The fourth-order valence-electron chi connectivity index (χ4n) is 5.97. The Morgan fingerprint density at radius 3 is 1.26 bits per heavy atom. The zero-order valence-electron chi connectivity index (χ0n) is 23.5. The first-order valence-corrected chi connectivity index (χ1v) is 21.3. The van der Waals surface area contributed by atoms with Crippen LogP contribution in [0.25, 0.3) is 11.1 Å². The zero-order chi connectivity index (χ0) is 27.6. The van der Waals surface area contributed by atoms with Gasteiger partial charge in [0.1, 0.15) is 0 Å². The second kappa shape index (κ2) is 14.2. The maximum absolute atomic E-state index is 14.9. The molecule has 4 aromatic rings. The molecular formula is C36H30Cl2F2SiZr. The molecule has 0 saturated carbocycles. The van der Waals surface area contributed by atoms with Crippen LogP contribution in [0.2, 0.25) is 0 Å². The van der Waals surface area contributed by atoms with Crippen molar-refractivity contribution in [1.29, 1.82) is 0 Å². The molecule has 0 aromatic heterocycles. The number of allylic oxidation sites excluding steroid dienone is 8. The van der Waals surface area contributed by atoms with Crippen LogP contribution in [0.3, 0.4) is 0 Å². The molecule has 2 aliphatic rings. The molecule has 0 spiro atoms. The van der Waals surface area contributed by atoms with Gasteiger partial charge in [-0.25, -0.2) is 0 Å². The van der Waals surface area contributed by atoms with Gasteiger partial charge in [-0.05, 0) is 0 Å².